The van der Waals surface area contributed by atoms with Crippen LogP contribution in [0.3, 0.4) is 0 Å². The number of halogens is 2. The highest BCUT2D eigenvalue weighted by atomic mass is 19.2. The minimum absolute atomic E-state index is 0.0546. The Bertz CT molecular complexity index is 525. The van der Waals surface area contributed by atoms with Gasteiger partial charge in [0, 0.05) is 12.3 Å². The van der Waals surface area contributed by atoms with E-state index in [9.17, 15) is 13.6 Å². The maximum Gasteiger partial charge on any atom is 0.310 e. The van der Waals surface area contributed by atoms with Gasteiger partial charge in [0.05, 0.1) is 12.5 Å². The summed E-state index contributed by atoms with van der Waals surface area (Å²) in [5, 5.41) is 8.74. The van der Waals surface area contributed by atoms with Crippen molar-refractivity contribution in [3.63, 3.8) is 0 Å². The van der Waals surface area contributed by atoms with Crippen LogP contribution in [-0.2, 0) is 16.0 Å². The number of ether oxygens (including phenoxy) is 1. The lowest BCUT2D eigenvalue weighted by Gasteiger charge is -2.11. The highest BCUT2D eigenvalue weighted by Crippen LogP contribution is 2.27. The predicted molar refractivity (Wildman–Crippen MR) is 62.9 cm³/mol. The fourth-order valence-corrected chi connectivity index (χ4v) is 2.21. The van der Waals surface area contributed by atoms with E-state index in [1.54, 1.807) is 0 Å². The molecule has 0 N–H and O–H groups in total. The van der Waals surface area contributed by atoms with E-state index in [0.717, 1.165) is 18.6 Å². The van der Waals surface area contributed by atoms with Gasteiger partial charge in [-0.25, -0.2) is 8.78 Å². The van der Waals surface area contributed by atoms with Gasteiger partial charge < -0.3 is 4.74 Å². The highest BCUT2D eigenvalue weighted by Gasteiger charge is 2.27. The first kappa shape index (κ1) is 13.5. The summed E-state index contributed by atoms with van der Waals surface area (Å²) >= 11 is 0. The molecular weight excluding hydrogens is 252 g/mol. The molecule has 0 amide bonds. The summed E-state index contributed by atoms with van der Waals surface area (Å²) in [6.45, 7) is 0. The first-order valence-electron chi connectivity index (χ1n) is 6.11. The van der Waals surface area contributed by atoms with Gasteiger partial charge >= 0.3 is 5.97 Å². The topological polar surface area (TPSA) is 50.1 Å². The molecule has 0 heterocycles. The van der Waals surface area contributed by atoms with Gasteiger partial charge in [-0.15, -0.1) is 0 Å². The van der Waals surface area contributed by atoms with Gasteiger partial charge in [-0.1, -0.05) is 6.07 Å². The van der Waals surface area contributed by atoms with E-state index < -0.39 is 17.6 Å². The summed E-state index contributed by atoms with van der Waals surface area (Å²) in [7, 11) is 0. The summed E-state index contributed by atoms with van der Waals surface area (Å²) < 4.78 is 30.9. The van der Waals surface area contributed by atoms with Crippen LogP contribution < -0.4 is 0 Å². The molecule has 1 aromatic rings. The SMILES string of the molecule is N#C[C@H]1CC[C@H](OC(=O)Cc2ccc(F)c(F)c2)C1. The number of nitrogens with zero attached hydrogens (tertiary/aromatic N) is 1. The third-order valence-electron chi connectivity index (χ3n) is 3.20. The Morgan fingerprint density at radius 2 is 2.16 bits per heavy atom. The molecule has 1 fully saturated rings. The lowest BCUT2D eigenvalue weighted by atomic mass is 10.1. The molecule has 5 heteroatoms. The molecule has 2 atom stereocenters. The van der Waals surface area contributed by atoms with Gasteiger partial charge in [-0.3, -0.25) is 4.79 Å². The van der Waals surface area contributed by atoms with Crippen molar-refractivity contribution in [1.29, 1.82) is 5.26 Å². The number of carbonyl (C=O) groups excluding carboxylic acids is 1. The minimum atomic E-state index is -0.976. The van der Waals surface area contributed by atoms with E-state index in [-0.39, 0.29) is 18.4 Å². The molecule has 1 aromatic carbocycles. The van der Waals surface area contributed by atoms with Crippen molar-refractivity contribution in [2.75, 3.05) is 0 Å². The Labute approximate surface area is 109 Å². The second-order valence-electron chi connectivity index (χ2n) is 4.68. The van der Waals surface area contributed by atoms with Crippen molar-refractivity contribution in [3.05, 3.63) is 35.4 Å². The number of nitriles is 1. The van der Waals surface area contributed by atoms with Gasteiger partial charge in [0.15, 0.2) is 11.6 Å². The smallest absolute Gasteiger partial charge is 0.310 e. The van der Waals surface area contributed by atoms with Crippen LogP contribution in [-0.4, -0.2) is 12.1 Å². The zero-order valence-electron chi connectivity index (χ0n) is 10.2. The molecule has 1 aliphatic rings. The molecule has 0 saturated heterocycles. The fraction of sp³-hybridized carbons (Fsp3) is 0.429. The van der Waals surface area contributed by atoms with Crippen LogP contribution in [0.2, 0.25) is 0 Å². The van der Waals surface area contributed by atoms with Crippen LogP contribution in [0.25, 0.3) is 0 Å². The Hall–Kier alpha value is -1.96. The summed E-state index contributed by atoms with van der Waals surface area (Å²) in [4.78, 5) is 11.6. The molecule has 0 radical (unpaired) electrons. The van der Waals surface area contributed by atoms with E-state index in [1.807, 2.05) is 0 Å². The molecule has 1 aliphatic carbocycles. The number of benzene rings is 1. The first-order chi connectivity index (χ1) is 9.08. The standard InChI is InChI=1S/C14H13F2NO2/c15-12-4-2-9(6-13(12)16)7-14(18)19-11-3-1-10(5-11)8-17/h2,4,6,10-11H,1,3,5,7H2/t10-,11-/m0/s1. The Morgan fingerprint density at radius 3 is 2.79 bits per heavy atom. The van der Waals surface area contributed by atoms with Crippen molar-refractivity contribution in [3.8, 4) is 6.07 Å². The van der Waals surface area contributed by atoms with E-state index in [0.29, 0.717) is 18.4 Å². The maximum absolute atomic E-state index is 13.0. The molecule has 3 nitrogen and oxygen atoms in total. The number of hydrogen-bond donors (Lipinski definition) is 0. The summed E-state index contributed by atoms with van der Waals surface area (Å²) in [5.41, 5.74) is 0.374. The molecule has 2 rings (SSSR count). The van der Waals surface area contributed by atoms with Crippen molar-refractivity contribution in [2.45, 2.75) is 31.8 Å². The van der Waals surface area contributed by atoms with E-state index in [4.69, 9.17) is 10.00 Å². The van der Waals surface area contributed by atoms with E-state index >= 15 is 0 Å². The third-order valence-corrected chi connectivity index (χ3v) is 3.20. The maximum atomic E-state index is 13.0. The Morgan fingerprint density at radius 1 is 1.37 bits per heavy atom. The molecule has 0 aromatic heterocycles. The quantitative estimate of drug-likeness (QED) is 0.789. The number of hydrogen-bond acceptors (Lipinski definition) is 3. The van der Waals surface area contributed by atoms with Gasteiger partial charge in [0.2, 0.25) is 0 Å². The fourth-order valence-electron chi connectivity index (χ4n) is 2.21. The largest absolute Gasteiger partial charge is 0.462 e. The predicted octanol–water partition coefficient (Wildman–Crippen LogP) is 2.74. The van der Waals surface area contributed by atoms with Crippen molar-refractivity contribution in [1.82, 2.24) is 0 Å². The molecule has 0 unspecified atom stereocenters. The molecule has 0 spiro atoms. The monoisotopic (exact) mass is 265 g/mol. The normalized spacial score (nSPS) is 21.9. The van der Waals surface area contributed by atoms with Crippen LogP contribution in [0.1, 0.15) is 24.8 Å². The molecule has 1 saturated carbocycles. The van der Waals surface area contributed by atoms with Gasteiger partial charge in [-0.05, 0) is 30.5 Å². The van der Waals surface area contributed by atoms with Gasteiger partial charge in [0.25, 0.3) is 0 Å². The molecule has 0 aliphatic heterocycles. The molecule has 19 heavy (non-hydrogen) atoms. The number of carbonyl (C=O) groups is 1. The minimum Gasteiger partial charge on any atom is -0.462 e. The summed E-state index contributed by atoms with van der Waals surface area (Å²) in [6, 6.07) is 5.48. The number of esters is 1. The molecule has 0 bridgehead atoms. The number of rotatable bonds is 3. The van der Waals surface area contributed by atoms with Gasteiger partial charge in [0.1, 0.15) is 6.10 Å². The van der Waals surface area contributed by atoms with Crippen LogP contribution in [0.15, 0.2) is 18.2 Å². The van der Waals surface area contributed by atoms with Crippen LogP contribution in [0.5, 0.6) is 0 Å². The van der Waals surface area contributed by atoms with Gasteiger partial charge in [-0.2, -0.15) is 5.26 Å². The van der Waals surface area contributed by atoms with E-state index in [2.05, 4.69) is 6.07 Å². The average Bonchev–Trinajstić information content (AvgIpc) is 2.81. The second-order valence-corrected chi connectivity index (χ2v) is 4.68. The van der Waals surface area contributed by atoms with E-state index in [1.165, 1.54) is 6.07 Å². The van der Waals surface area contributed by atoms with Crippen molar-refractivity contribution >= 4 is 5.97 Å². The summed E-state index contributed by atoms with van der Waals surface area (Å²) in [6.07, 6.45) is 1.65. The first-order valence-corrected chi connectivity index (χ1v) is 6.11. The second kappa shape index (κ2) is 5.79. The Balaban J connectivity index is 1.88. The lowest BCUT2D eigenvalue weighted by Crippen LogP contribution is -2.17. The highest BCUT2D eigenvalue weighted by molar-refractivity contribution is 5.72. The summed E-state index contributed by atoms with van der Waals surface area (Å²) in [5.74, 6) is -2.45. The zero-order valence-corrected chi connectivity index (χ0v) is 10.2. The van der Waals surface area contributed by atoms with Crippen LogP contribution in [0.4, 0.5) is 8.78 Å². The molecular formula is C14H13F2NO2. The van der Waals surface area contributed by atoms with Crippen molar-refractivity contribution < 1.29 is 18.3 Å². The van der Waals surface area contributed by atoms with Crippen LogP contribution >= 0.6 is 0 Å². The van der Waals surface area contributed by atoms with Crippen LogP contribution in [0, 0.1) is 28.9 Å². The average molecular weight is 265 g/mol. The van der Waals surface area contributed by atoms with Crippen molar-refractivity contribution in [2.24, 2.45) is 5.92 Å². The Kier molecular flexibility index (Phi) is 4.10. The lowest BCUT2D eigenvalue weighted by molar-refractivity contribution is -0.147. The zero-order chi connectivity index (χ0) is 13.8. The molecule has 100 valence electrons. The third kappa shape index (κ3) is 3.50.